The van der Waals surface area contributed by atoms with Crippen LogP contribution in [0.4, 0.5) is 0 Å². The van der Waals surface area contributed by atoms with Gasteiger partial charge in [-0.25, -0.2) is 0 Å². The summed E-state index contributed by atoms with van der Waals surface area (Å²) in [7, 11) is 0. The van der Waals surface area contributed by atoms with Gasteiger partial charge in [-0.05, 0) is 96.3 Å². The molecular weight excluding hydrogens is 733 g/mol. The molecule has 1 unspecified atom stereocenters. The summed E-state index contributed by atoms with van der Waals surface area (Å²) in [6.45, 7) is 6.32. The van der Waals surface area contributed by atoms with Crippen LogP contribution in [-0.4, -0.2) is 37.2 Å². The summed E-state index contributed by atoms with van der Waals surface area (Å²) in [5.41, 5.74) is 0. The predicted molar refractivity (Wildman–Crippen MR) is 251 cm³/mol. The van der Waals surface area contributed by atoms with Crippen LogP contribution in [0.3, 0.4) is 0 Å². The summed E-state index contributed by atoms with van der Waals surface area (Å²) in [5.74, 6) is -1.08. The van der Waals surface area contributed by atoms with Gasteiger partial charge in [0.05, 0.1) is 6.42 Å². The number of ether oxygens (including phenoxy) is 3. The van der Waals surface area contributed by atoms with E-state index in [9.17, 15) is 14.4 Å². The number of unbranched alkanes of at least 4 members (excludes halogenated alkanes) is 15. The van der Waals surface area contributed by atoms with Gasteiger partial charge in [-0.1, -0.05) is 182 Å². The largest absolute Gasteiger partial charge is 0.462 e. The maximum atomic E-state index is 12.7. The zero-order valence-electron chi connectivity index (χ0n) is 38.0. The number of carbonyl (C=O) groups is 3. The molecule has 59 heavy (non-hydrogen) atoms. The highest BCUT2D eigenvalue weighted by Crippen LogP contribution is 2.12. The summed E-state index contributed by atoms with van der Waals surface area (Å²) >= 11 is 0. The molecule has 334 valence electrons. The summed E-state index contributed by atoms with van der Waals surface area (Å²) in [6.07, 6.45) is 61.2. The van der Waals surface area contributed by atoms with Crippen molar-refractivity contribution in [2.75, 3.05) is 13.2 Å². The van der Waals surface area contributed by atoms with Crippen LogP contribution >= 0.6 is 0 Å². The molecule has 1 atom stereocenters. The number of rotatable bonds is 41. The maximum Gasteiger partial charge on any atom is 0.309 e. The molecule has 0 amide bonds. The predicted octanol–water partition coefficient (Wildman–Crippen LogP) is 15.4. The fourth-order valence-electron chi connectivity index (χ4n) is 5.99. The highest BCUT2D eigenvalue weighted by Gasteiger charge is 2.19. The van der Waals surface area contributed by atoms with Gasteiger partial charge in [-0.15, -0.1) is 0 Å². The van der Waals surface area contributed by atoms with E-state index in [0.717, 1.165) is 109 Å². The first-order valence-electron chi connectivity index (χ1n) is 23.7. The first kappa shape index (κ1) is 55.3. The van der Waals surface area contributed by atoms with E-state index in [1.54, 1.807) is 6.08 Å². The van der Waals surface area contributed by atoms with Gasteiger partial charge in [-0.3, -0.25) is 14.4 Å². The minimum Gasteiger partial charge on any atom is -0.462 e. The number of hydrogen-bond acceptors (Lipinski definition) is 6. The van der Waals surface area contributed by atoms with Crippen molar-refractivity contribution in [3.05, 3.63) is 97.2 Å². The first-order valence-corrected chi connectivity index (χ1v) is 23.7. The van der Waals surface area contributed by atoms with Crippen molar-refractivity contribution < 1.29 is 28.6 Å². The van der Waals surface area contributed by atoms with Crippen LogP contribution in [0.25, 0.3) is 0 Å². The second-order valence-corrected chi connectivity index (χ2v) is 15.3. The quantitative estimate of drug-likeness (QED) is 0.0265. The van der Waals surface area contributed by atoms with Crippen molar-refractivity contribution in [3.8, 4) is 0 Å². The minimum atomic E-state index is -0.827. The topological polar surface area (TPSA) is 78.9 Å². The van der Waals surface area contributed by atoms with Crippen LogP contribution in [0.1, 0.15) is 201 Å². The highest BCUT2D eigenvalue weighted by atomic mass is 16.6. The molecule has 0 radical (unpaired) electrons. The van der Waals surface area contributed by atoms with Gasteiger partial charge in [0, 0.05) is 12.8 Å². The van der Waals surface area contributed by atoms with Gasteiger partial charge in [0.1, 0.15) is 13.2 Å². The Morgan fingerprint density at radius 3 is 1.25 bits per heavy atom. The summed E-state index contributed by atoms with van der Waals surface area (Å²) in [6, 6.07) is 0. The van der Waals surface area contributed by atoms with Crippen molar-refractivity contribution in [2.45, 2.75) is 207 Å². The molecule has 6 nitrogen and oxygen atoms in total. The van der Waals surface area contributed by atoms with Gasteiger partial charge in [0.25, 0.3) is 0 Å². The molecule has 0 fully saturated rings. The van der Waals surface area contributed by atoms with Crippen molar-refractivity contribution in [2.24, 2.45) is 0 Å². The van der Waals surface area contributed by atoms with E-state index < -0.39 is 12.1 Å². The lowest BCUT2D eigenvalue weighted by atomic mass is 10.1. The van der Waals surface area contributed by atoms with Gasteiger partial charge < -0.3 is 14.2 Å². The second kappa shape index (κ2) is 47.0. The molecule has 6 heteroatoms. The van der Waals surface area contributed by atoms with E-state index >= 15 is 0 Å². The zero-order chi connectivity index (χ0) is 43.0. The van der Waals surface area contributed by atoms with Crippen molar-refractivity contribution in [1.29, 1.82) is 0 Å². The Bertz CT molecular complexity index is 1220. The van der Waals surface area contributed by atoms with E-state index in [4.69, 9.17) is 14.2 Å². The maximum absolute atomic E-state index is 12.7. The van der Waals surface area contributed by atoms with E-state index in [2.05, 4.69) is 106 Å². The molecule has 0 heterocycles. The molecule has 0 saturated heterocycles. The molecule has 0 saturated carbocycles. The highest BCUT2D eigenvalue weighted by molar-refractivity contribution is 5.72. The Labute approximate surface area is 362 Å². The number of esters is 3. The summed E-state index contributed by atoms with van der Waals surface area (Å²) < 4.78 is 16.6. The molecule has 0 N–H and O–H groups in total. The Morgan fingerprint density at radius 2 is 0.746 bits per heavy atom. The van der Waals surface area contributed by atoms with Crippen molar-refractivity contribution >= 4 is 17.9 Å². The lowest BCUT2D eigenvalue weighted by molar-refractivity contribution is -0.166. The lowest BCUT2D eigenvalue weighted by Gasteiger charge is -2.18. The van der Waals surface area contributed by atoms with Crippen LogP contribution in [0.5, 0.6) is 0 Å². The van der Waals surface area contributed by atoms with Gasteiger partial charge >= 0.3 is 17.9 Å². The fraction of sp³-hybridized carbons (Fsp3) is 0.642. The third-order valence-electron chi connectivity index (χ3n) is 9.57. The first-order chi connectivity index (χ1) is 29.0. The minimum absolute atomic E-state index is 0.119. The Morgan fingerprint density at radius 1 is 0.373 bits per heavy atom. The average molecular weight is 819 g/mol. The molecule has 0 rings (SSSR count). The zero-order valence-corrected chi connectivity index (χ0v) is 38.0. The third kappa shape index (κ3) is 45.3. The number of allylic oxidation sites excluding steroid dienone is 15. The molecule has 0 aromatic rings. The molecule has 0 aromatic carbocycles. The molecule has 0 aliphatic rings. The molecule has 0 aliphatic heterocycles. The Kier molecular flexibility index (Phi) is 44.1. The normalized spacial score (nSPS) is 12.9. The van der Waals surface area contributed by atoms with Gasteiger partial charge in [0.15, 0.2) is 6.10 Å². The van der Waals surface area contributed by atoms with Gasteiger partial charge in [-0.2, -0.15) is 0 Å². The molecule has 0 spiro atoms. The van der Waals surface area contributed by atoms with E-state index in [1.165, 1.54) is 51.4 Å². The monoisotopic (exact) mass is 819 g/mol. The van der Waals surface area contributed by atoms with Crippen LogP contribution < -0.4 is 0 Å². The van der Waals surface area contributed by atoms with Gasteiger partial charge in [0.2, 0.25) is 0 Å². The molecule has 0 aromatic heterocycles. The Hall–Kier alpha value is -3.67. The van der Waals surface area contributed by atoms with Crippen molar-refractivity contribution in [3.63, 3.8) is 0 Å². The number of hydrogen-bond donors (Lipinski definition) is 0. The third-order valence-corrected chi connectivity index (χ3v) is 9.57. The van der Waals surface area contributed by atoms with Crippen LogP contribution in [0.2, 0.25) is 0 Å². The second-order valence-electron chi connectivity index (χ2n) is 15.3. The smallest absolute Gasteiger partial charge is 0.309 e. The molecule has 0 bridgehead atoms. The van der Waals surface area contributed by atoms with Crippen molar-refractivity contribution in [1.82, 2.24) is 0 Å². The summed E-state index contributed by atoms with van der Waals surface area (Å²) in [4.78, 5) is 37.8. The SMILES string of the molecule is CC/C=C\C/C=C\C/C=C\C/C=C\C/C=C\CC(=O)OCC(COC(=O)CCCCCCC/C=C\CCCCC)OC(=O)CCCCCCC/C=C\C/C=C\CCCC. The molecular formula is C53H86O6. The van der Waals surface area contributed by atoms with Crippen LogP contribution in [0, 0.1) is 0 Å². The standard InChI is InChI=1S/C53H86O6/c1-4-7-10-13-16-19-22-25-27-29-31-34-37-40-43-46-52(55)58-49-50(48-57-51(54)45-42-39-36-33-30-24-21-18-15-12-9-6-3)59-53(56)47-44-41-38-35-32-28-26-23-20-17-14-11-8-5-2/h7,10,14,16-19,21,23,25-27,31,34,40,43,50H,4-6,8-9,11-13,15,20,22,24,28-30,32-33,35-39,41-42,44-49H2,1-3H3/b10-7-,17-14-,19-16-,21-18-,26-23-,27-25-,34-31-,43-40-. The summed E-state index contributed by atoms with van der Waals surface area (Å²) in [5, 5.41) is 0. The van der Waals surface area contributed by atoms with Crippen LogP contribution in [-0.2, 0) is 28.6 Å². The average Bonchev–Trinajstić information content (AvgIpc) is 3.23. The molecule has 0 aliphatic carbocycles. The lowest BCUT2D eigenvalue weighted by Crippen LogP contribution is -2.30. The fourth-order valence-corrected chi connectivity index (χ4v) is 5.99. The van der Waals surface area contributed by atoms with Crippen LogP contribution in [0.15, 0.2) is 97.2 Å². The van der Waals surface area contributed by atoms with E-state index in [-0.39, 0.29) is 38.0 Å². The van der Waals surface area contributed by atoms with E-state index in [1.807, 2.05) is 6.08 Å². The number of carbonyl (C=O) groups excluding carboxylic acids is 3. The van der Waals surface area contributed by atoms with E-state index in [0.29, 0.717) is 6.42 Å². The Balaban J connectivity index is 4.57.